The van der Waals surface area contributed by atoms with E-state index in [0.29, 0.717) is 31.8 Å². The van der Waals surface area contributed by atoms with Crippen molar-refractivity contribution in [2.75, 3.05) is 33.4 Å². The molecule has 3 atom stereocenters. The molecule has 2 aliphatic rings. The fourth-order valence-corrected chi connectivity index (χ4v) is 6.94. The molecule has 0 radical (unpaired) electrons. The highest BCUT2D eigenvalue weighted by Gasteiger charge is 2.37. The van der Waals surface area contributed by atoms with Crippen molar-refractivity contribution in [1.29, 1.82) is 0 Å². The van der Waals surface area contributed by atoms with Crippen molar-refractivity contribution < 1.29 is 41.8 Å². The molecule has 3 N–H and O–H groups in total. The molecule has 55 heavy (non-hydrogen) atoms. The number of carbonyl (C=O) groups excluding carboxylic acids is 3. The molecule has 6 rings (SSSR count). The minimum Gasteiger partial charge on any atom is -0.453 e. The molecule has 2 aromatic heterocycles. The van der Waals surface area contributed by atoms with E-state index in [9.17, 15) is 27.6 Å². The van der Waals surface area contributed by atoms with Crippen molar-refractivity contribution in [3.8, 4) is 33.6 Å². The zero-order chi connectivity index (χ0) is 39.3. The van der Waals surface area contributed by atoms with Crippen LogP contribution in [-0.4, -0.2) is 99.1 Å². The van der Waals surface area contributed by atoms with Crippen molar-refractivity contribution in [3.05, 3.63) is 72.6 Å². The van der Waals surface area contributed by atoms with Crippen LogP contribution in [-0.2, 0) is 19.0 Å². The van der Waals surface area contributed by atoms with Gasteiger partial charge in [-0.1, -0.05) is 48.5 Å². The summed E-state index contributed by atoms with van der Waals surface area (Å²) in [6.45, 7) is 4.76. The molecular formula is C39H46F3N7O6. The maximum Gasteiger partial charge on any atom is 0.411 e. The average Bonchev–Trinajstić information content (AvgIpc) is 3.98. The molecule has 2 fully saturated rings. The minimum atomic E-state index is -4.50. The van der Waals surface area contributed by atoms with Crippen molar-refractivity contribution in [3.63, 3.8) is 0 Å². The quantitative estimate of drug-likeness (QED) is 0.132. The number of aromatic amines is 2. The van der Waals surface area contributed by atoms with E-state index in [2.05, 4.69) is 30.0 Å². The Balaban J connectivity index is 1.09. The third-order valence-electron chi connectivity index (χ3n) is 9.56. The largest absolute Gasteiger partial charge is 0.453 e. The van der Waals surface area contributed by atoms with Crippen LogP contribution >= 0.6 is 0 Å². The summed E-state index contributed by atoms with van der Waals surface area (Å²) in [6.07, 6.45) is 0.621. The molecule has 3 unspecified atom stereocenters. The number of imidazole rings is 2. The zero-order valence-electron chi connectivity index (χ0n) is 31.2. The Hall–Kier alpha value is -5.38. The lowest BCUT2D eigenvalue weighted by Gasteiger charge is -2.28. The summed E-state index contributed by atoms with van der Waals surface area (Å²) in [6, 6.07) is 14.4. The molecule has 0 aliphatic carbocycles. The molecule has 13 nitrogen and oxygen atoms in total. The van der Waals surface area contributed by atoms with Crippen LogP contribution in [0.3, 0.4) is 0 Å². The van der Waals surface area contributed by atoms with Crippen LogP contribution in [0.1, 0.15) is 76.6 Å². The number of alkyl halides is 3. The van der Waals surface area contributed by atoms with Crippen LogP contribution < -0.4 is 5.32 Å². The number of H-pyrrole nitrogens is 2. The van der Waals surface area contributed by atoms with Gasteiger partial charge in [-0.15, -0.1) is 0 Å². The second-order valence-electron chi connectivity index (χ2n) is 14.7. The van der Waals surface area contributed by atoms with E-state index >= 15 is 0 Å². The van der Waals surface area contributed by atoms with E-state index < -0.39 is 42.5 Å². The Bertz CT molecular complexity index is 1940. The number of hydrogen-bond donors (Lipinski definition) is 3. The number of likely N-dealkylation sites (tertiary alicyclic amines) is 2. The van der Waals surface area contributed by atoms with Crippen LogP contribution in [0.5, 0.6) is 0 Å². The minimum absolute atomic E-state index is 0.160. The van der Waals surface area contributed by atoms with Gasteiger partial charge < -0.3 is 34.4 Å². The third-order valence-corrected chi connectivity index (χ3v) is 9.56. The number of methoxy groups -OCH3 is 1. The Morgan fingerprint density at radius 3 is 1.80 bits per heavy atom. The van der Waals surface area contributed by atoms with Gasteiger partial charge in [0, 0.05) is 26.1 Å². The highest BCUT2D eigenvalue weighted by atomic mass is 19.4. The first-order valence-corrected chi connectivity index (χ1v) is 18.3. The molecule has 16 heteroatoms. The van der Waals surface area contributed by atoms with Crippen LogP contribution in [0.2, 0.25) is 0 Å². The fraction of sp³-hybridized carbons (Fsp3) is 0.462. The van der Waals surface area contributed by atoms with Crippen molar-refractivity contribution in [1.82, 2.24) is 35.1 Å². The van der Waals surface area contributed by atoms with Gasteiger partial charge in [0.15, 0.2) is 0 Å². The van der Waals surface area contributed by atoms with Gasteiger partial charge in [0.2, 0.25) is 5.91 Å². The average molecular weight is 766 g/mol. The Kier molecular flexibility index (Phi) is 11.8. The molecule has 0 spiro atoms. The predicted molar refractivity (Wildman–Crippen MR) is 196 cm³/mol. The normalized spacial score (nSPS) is 18.0. The van der Waals surface area contributed by atoms with Gasteiger partial charge in [-0.2, -0.15) is 13.2 Å². The third kappa shape index (κ3) is 9.84. The topological polar surface area (TPSA) is 155 Å². The van der Waals surface area contributed by atoms with E-state index in [0.717, 1.165) is 59.4 Å². The van der Waals surface area contributed by atoms with Crippen molar-refractivity contribution in [2.24, 2.45) is 0 Å². The van der Waals surface area contributed by atoms with Crippen molar-refractivity contribution >= 4 is 18.1 Å². The number of rotatable bonds is 11. The first kappa shape index (κ1) is 39.3. The van der Waals surface area contributed by atoms with Gasteiger partial charge in [0.1, 0.15) is 29.9 Å². The number of hydrogen-bond acceptors (Lipinski definition) is 8. The van der Waals surface area contributed by atoms with E-state index in [1.165, 1.54) is 0 Å². The summed E-state index contributed by atoms with van der Waals surface area (Å²) in [5.74, 6) is 0.849. The standard InChI is InChI=1S/C39H46F3N7O6/c1-38(2,3)55-37(52)49-19-6-8-32(49)34-44-22-30(46-34)27-15-11-25(12-16-27)24-9-13-26(14-10-24)29-21-43-33(45-29)31-7-5-18-48(31)35(50)28(47-36(51)53-4)17-20-54-23-39(40,41)42/h9-16,21-22,28,31-32H,5-8,17-20,23H2,1-4H3,(H,43,45)(H,44,46)(H,47,51). The van der Waals surface area contributed by atoms with Gasteiger partial charge in [0.05, 0.1) is 43.0 Å². The molecule has 2 saturated heterocycles. The van der Waals surface area contributed by atoms with Gasteiger partial charge in [0.25, 0.3) is 0 Å². The summed E-state index contributed by atoms with van der Waals surface area (Å²) in [5, 5.41) is 2.43. The van der Waals surface area contributed by atoms with Crippen LogP contribution in [0.25, 0.3) is 33.6 Å². The van der Waals surface area contributed by atoms with E-state index in [1.807, 2.05) is 69.3 Å². The number of amides is 3. The second kappa shape index (κ2) is 16.6. The molecule has 4 aromatic rings. The molecule has 3 amide bonds. The number of nitrogens with zero attached hydrogens (tertiary/aromatic N) is 4. The maximum absolute atomic E-state index is 13.6. The summed E-state index contributed by atoms with van der Waals surface area (Å²) in [4.78, 5) is 57.6. The molecule has 294 valence electrons. The van der Waals surface area contributed by atoms with Gasteiger partial charge >= 0.3 is 18.4 Å². The SMILES string of the molecule is COC(=O)NC(CCOCC(F)(F)F)C(=O)N1CCCC1c1ncc(-c2ccc(-c3ccc(-c4cnc(C5CCCN5C(=O)OC(C)(C)C)[nH]4)cc3)cc2)[nH]1. The second-order valence-corrected chi connectivity index (χ2v) is 14.7. The smallest absolute Gasteiger partial charge is 0.411 e. The fourth-order valence-electron chi connectivity index (χ4n) is 6.94. The van der Waals surface area contributed by atoms with Crippen LogP contribution in [0.4, 0.5) is 22.8 Å². The monoisotopic (exact) mass is 765 g/mol. The van der Waals surface area contributed by atoms with E-state index in [-0.39, 0.29) is 25.2 Å². The number of nitrogens with one attached hydrogen (secondary N) is 3. The summed E-state index contributed by atoms with van der Waals surface area (Å²) < 4.78 is 52.6. The van der Waals surface area contributed by atoms with Crippen LogP contribution in [0, 0.1) is 0 Å². The number of benzene rings is 2. The van der Waals surface area contributed by atoms with Crippen molar-refractivity contribution in [2.45, 2.75) is 82.8 Å². The number of halogens is 3. The Morgan fingerprint density at radius 2 is 1.31 bits per heavy atom. The molecule has 2 aromatic carbocycles. The maximum atomic E-state index is 13.6. The lowest BCUT2D eigenvalue weighted by Crippen LogP contribution is -2.49. The Labute approximate surface area is 317 Å². The predicted octanol–water partition coefficient (Wildman–Crippen LogP) is 7.56. The van der Waals surface area contributed by atoms with Gasteiger partial charge in [-0.25, -0.2) is 19.6 Å². The summed E-state index contributed by atoms with van der Waals surface area (Å²) in [7, 11) is 1.14. The Morgan fingerprint density at radius 1 is 0.818 bits per heavy atom. The van der Waals surface area contributed by atoms with E-state index in [1.54, 1.807) is 22.2 Å². The number of carbonyl (C=O) groups is 3. The molecule has 0 saturated carbocycles. The van der Waals surface area contributed by atoms with Crippen LogP contribution in [0.15, 0.2) is 60.9 Å². The summed E-state index contributed by atoms with van der Waals surface area (Å²) in [5.41, 5.74) is 4.92. The number of alkyl carbamates (subject to hydrolysis) is 1. The zero-order valence-corrected chi connectivity index (χ0v) is 31.2. The van der Waals surface area contributed by atoms with E-state index in [4.69, 9.17) is 9.47 Å². The lowest BCUT2D eigenvalue weighted by atomic mass is 10.0. The van der Waals surface area contributed by atoms with Gasteiger partial charge in [-0.05, 0) is 68.7 Å². The first-order chi connectivity index (χ1) is 26.2. The highest BCUT2D eigenvalue weighted by Crippen LogP contribution is 2.35. The van der Waals surface area contributed by atoms with Gasteiger partial charge in [-0.3, -0.25) is 9.69 Å². The lowest BCUT2D eigenvalue weighted by molar-refractivity contribution is -0.174. The molecular weight excluding hydrogens is 719 g/mol. The number of ether oxygens (including phenoxy) is 3. The highest BCUT2D eigenvalue weighted by molar-refractivity contribution is 5.86. The molecule has 4 heterocycles. The molecule has 0 bridgehead atoms. The summed E-state index contributed by atoms with van der Waals surface area (Å²) >= 11 is 0. The molecule has 2 aliphatic heterocycles. The first-order valence-electron chi connectivity index (χ1n) is 18.3. The number of aromatic nitrogens is 4.